The van der Waals surface area contributed by atoms with Crippen molar-refractivity contribution in [2.24, 2.45) is 35.5 Å². The van der Waals surface area contributed by atoms with E-state index in [0.717, 1.165) is 19.3 Å². The number of ether oxygens (including phenoxy) is 3. The van der Waals surface area contributed by atoms with Gasteiger partial charge in [0.1, 0.15) is 12.1 Å². The summed E-state index contributed by atoms with van der Waals surface area (Å²) in [6.45, 7) is 13.6. The number of carbonyl (C=O) groups is 4. The lowest BCUT2D eigenvalue weighted by molar-refractivity contribution is -0.576. The third-order valence-electron chi connectivity index (χ3n) is 9.58. The summed E-state index contributed by atoms with van der Waals surface area (Å²) in [4.78, 5) is 62.3. The first-order valence-corrected chi connectivity index (χ1v) is 15.9. The van der Waals surface area contributed by atoms with Crippen LogP contribution in [-0.2, 0) is 43.2 Å². The van der Waals surface area contributed by atoms with Crippen molar-refractivity contribution in [1.29, 1.82) is 0 Å². The van der Waals surface area contributed by atoms with Crippen molar-refractivity contribution in [2.45, 2.75) is 136 Å². The summed E-state index contributed by atoms with van der Waals surface area (Å²) in [6.07, 6.45) is 2.01. The number of carboxylic acid groups (broad SMARTS) is 1. The van der Waals surface area contributed by atoms with Gasteiger partial charge in [-0.15, -0.1) is 0 Å². The van der Waals surface area contributed by atoms with Gasteiger partial charge < -0.3 is 30.0 Å². The second kappa shape index (κ2) is 13.4. The molecule has 0 aromatic rings. The fourth-order valence-corrected chi connectivity index (χ4v) is 7.35. The van der Waals surface area contributed by atoms with E-state index in [1.54, 1.807) is 0 Å². The van der Waals surface area contributed by atoms with E-state index in [0.29, 0.717) is 18.8 Å². The van der Waals surface area contributed by atoms with E-state index in [4.69, 9.17) is 24.0 Å². The first-order chi connectivity index (χ1) is 20.1. The Balaban J connectivity index is 1.34. The summed E-state index contributed by atoms with van der Waals surface area (Å²) in [5, 5.41) is 14.7. The monoisotopic (exact) mass is 610 g/mol. The molecule has 12 heteroatoms. The molecule has 4 heterocycles. The van der Waals surface area contributed by atoms with Gasteiger partial charge in [0.15, 0.2) is 11.9 Å². The largest absolute Gasteiger partial charge is 0.480 e. The molecule has 1 aliphatic carbocycles. The van der Waals surface area contributed by atoms with E-state index in [9.17, 15) is 24.3 Å². The van der Waals surface area contributed by atoms with Gasteiger partial charge in [-0.2, -0.15) is 0 Å². The Hall–Kier alpha value is -2.28. The van der Waals surface area contributed by atoms with Gasteiger partial charge in [0, 0.05) is 24.7 Å². The van der Waals surface area contributed by atoms with Crippen LogP contribution in [0.2, 0.25) is 0 Å². The number of rotatable bonds is 12. The van der Waals surface area contributed by atoms with Crippen LogP contribution in [0.25, 0.3) is 0 Å². The van der Waals surface area contributed by atoms with Crippen LogP contribution in [0, 0.1) is 35.5 Å². The lowest BCUT2D eigenvalue weighted by Crippen LogP contribution is -2.70. The number of hydrogen-bond acceptors (Lipinski definition) is 9. The predicted molar refractivity (Wildman–Crippen MR) is 153 cm³/mol. The molecular formula is C31H50N2O10. The molecule has 0 aromatic carbocycles. The molecule has 2 amide bonds. The minimum Gasteiger partial charge on any atom is -0.480 e. The molecule has 0 aromatic heterocycles. The lowest BCUT2D eigenvalue weighted by atomic mass is 9.58. The maximum atomic E-state index is 12.9. The van der Waals surface area contributed by atoms with Crippen molar-refractivity contribution in [2.75, 3.05) is 0 Å². The summed E-state index contributed by atoms with van der Waals surface area (Å²) in [5.74, 6) is -3.21. The molecule has 3 N–H and O–H groups in total. The van der Waals surface area contributed by atoms with Crippen molar-refractivity contribution in [3.05, 3.63) is 0 Å². The molecule has 244 valence electrons. The van der Waals surface area contributed by atoms with Gasteiger partial charge in [-0.1, -0.05) is 41.5 Å². The highest BCUT2D eigenvalue weighted by Crippen LogP contribution is 2.60. The van der Waals surface area contributed by atoms with Crippen LogP contribution >= 0.6 is 0 Å². The maximum absolute atomic E-state index is 12.9. The number of nitrogens with one attached hydrogen (secondary N) is 2. The molecule has 43 heavy (non-hydrogen) atoms. The molecule has 12 nitrogen and oxygen atoms in total. The van der Waals surface area contributed by atoms with E-state index in [1.165, 1.54) is 0 Å². The van der Waals surface area contributed by atoms with Gasteiger partial charge in [-0.3, -0.25) is 14.4 Å². The molecule has 5 aliphatic rings. The van der Waals surface area contributed by atoms with Gasteiger partial charge in [-0.25, -0.2) is 14.6 Å². The highest BCUT2D eigenvalue weighted by molar-refractivity contribution is 5.91. The van der Waals surface area contributed by atoms with Gasteiger partial charge in [0.05, 0.1) is 6.42 Å². The summed E-state index contributed by atoms with van der Waals surface area (Å²) in [7, 11) is 0. The number of hydrogen-bond donors (Lipinski definition) is 3. The SMILES string of the molecule is CC(C)C[C@H](NC(=O)[C@H](CC(C)C)NC(=O)CCC(=O)O[C@@H]1O[C@H]2O[C@@]3(C)CC[C@H]4[C@H](C)CC[C@@H]([C@H]1C)[C@@]24OO3)C(=O)O. The smallest absolute Gasteiger partial charge is 0.326 e. The first-order valence-electron chi connectivity index (χ1n) is 15.9. The van der Waals surface area contributed by atoms with Crippen molar-refractivity contribution < 1.29 is 48.3 Å². The van der Waals surface area contributed by atoms with Crippen LogP contribution in [0.4, 0.5) is 0 Å². The number of carboxylic acids is 1. The zero-order valence-electron chi connectivity index (χ0n) is 26.6. The normalized spacial score (nSPS) is 36.3. The van der Waals surface area contributed by atoms with Crippen LogP contribution in [0.5, 0.6) is 0 Å². The summed E-state index contributed by atoms with van der Waals surface area (Å²) < 4.78 is 18.4. The second-order valence-corrected chi connectivity index (χ2v) is 14.0. The van der Waals surface area contributed by atoms with Crippen LogP contribution in [-0.4, -0.2) is 64.9 Å². The maximum Gasteiger partial charge on any atom is 0.326 e. The standard InChI is InChI=1S/C31H50N2O10/c1-16(2)14-22(26(36)33-23(27(37)38)15-17(3)4)32-24(34)10-11-25(35)39-28-19(6)21-9-8-18(5)20-12-13-30(7)41-29(40-28)31(20,21)43-42-30/h16-23,28-29H,8-15H2,1-7H3,(H,32,34)(H,33,36)(H,37,38)/t18-,19-,20+,21+,22+,23+,28-,29+,30-,31-/m1/s1. The molecule has 4 aliphatic heterocycles. The fraction of sp³-hybridized carbons (Fsp3) is 0.871. The average molecular weight is 611 g/mol. The lowest BCUT2D eigenvalue weighted by Gasteiger charge is -2.59. The molecule has 1 saturated carbocycles. The highest BCUT2D eigenvalue weighted by Gasteiger charge is 2.69. The number of amides is 2. The molecule has 0 radical (unpaired) electrons. The average Bonchev–Trinajstić information content (AvgIpc) is 3.14. The Morgan fingerprint density at radius 2 is 1.58 bits per heavy atom. The van der Waals surface area contributed by atoms with E-state index in [2.05, 4.69) is 17.6 Å². The molecule has 5 rings (SSSR count). The van der Waals surface area contributed by atoms with Gasteiger partial charge in [-0.05, 0) is 62.7 Å². The second-order valence-electron chi connectivity index (χ2n) is 14.0. The van der Waals surface area contributed by atoms with E-state index in [1.807, 2.05) is 41.5 Å². The van der Waals surface area contributed by atoms with Crippen molar-refractivity contribution in [3.8, 4) is 0 Å². The van der Waals surface area contributed by atoms with E-state index in [-0.39, 0.29) is 48.9 Å². The molecule has 0 unspecified atom stereocenters. The van der Waals surface area contributed by atoms with Gasteiger partial charge in [0.2, 0.25) is 23.9 Å². The molecule has 4 saturated heterocycles. The Morgan fingerprint density at radius 3 is 2.23 bits per heavy atom. The quantitative estimate of drug-likeness (QED) is 0.220. The zero-order chi connectivity index (χ0) is 31.7. The van der Waals surface area contributed by atoms with Crippen molar-refractivity contribution >= 4 is 23.8 Å². The summed E-state index contributed by atoms with van der Waals surface area (Å²) >= 11 is 0. The zero-order valence-corrected chi connectivity index (χ0v) is 26.6. The number of fused-ring (bicyclic) bond motifs is 2. The van der Waals surface area contributed by atoms with Crippen LogP contribution in [0.3, 0.4) is 0 Å². The summed E-state index contributed by atoms with van der Waals surface area (Å²) in [6, 6.07) is -1.98. The Morgan fingerprint density at radius 1 is 0.907 bits per heavy atom. The van der Waals surface area contributed by atoms with Crippen molar-refractivity contribution in [1.82, 2.24) is 10.6 Å². The fourth-order valence-electron chi connectivity index (χ4n) is 7.35. The number of aliphatic carboxylic acids is 1. The Bertz CT molecular complexity index is 1050. The molecule has 2 bridgehead atoms. The minimum absolute atomic E-state index is 0.00294. The van der Waals surface area contributed by atoms with Crippen molar-refractivity contribution in [3.63, 3.8) is 0 Å². The third kappa shape index (κ3) is 7.34. The Labute approximate surface area is 254 Å². The minimum atomic E-state index is -1.13. The summed E-state index contributed by atoms with van der Waals surface area (Å²) in [5.41, 5.74) is -0.767. The van der Waals surface area contributed by atoms with Crippen LogP contribution in [0.1, 0.15) is 99.8 Å². The first kappa shape index (κ1) is 33.6. The van der Waals surface area contributed by atoms with E-state index >= 15 is 0 Å². The van der Waals surface area contributed by atoms with Crippen LogP contribution < -0.4 is 10.6 Å². The molecular weight excluding hydrogens is 560 g/mol. The predicted octanol–water partition coefficient (Wildman–Crippen LogP) is 3.66. The topological polar surface area (TPSA) is 159 Å². The van der Waals surface area contributed by atoms with Crippen LogP contribution in [0.15, 0.2) is 0 Å². The molecule has 10 atom stereocenters. The van der Waals surface area contributed by atoms with Gasteiger partial charge >= 0.3 is 11.9 Å². The van der Waals surface area contributed by atoms with Gasteiger partial charge in [0.25, 0.3) is 0 Å². The number of esters is 1. The Kier molecular flexibility index (Phi) is 10.5. The third-order valence-corrected chi connectivity index (χ3v) is 9.58. The molecule has 1 spiro atoms. The highest BCUT2D eigenvalue weighted by atomic mass is 17.3. The number of carbonyl (C=O) groups excluding carboxylic acids is 3. The molecule has 5 fully saturated rings. The van der Waals surface area contributed by atoms with E-state index < -0.39 is 59.8 Å².